The molecule has 10 rings (SSSR count). The fourth-order valence-corrected chi connectivity index (χ4v) is 8.45. The maximum atomic E-state index is 6.42. The lowest BCUT2D eigenvalue weighted by molar-refractivity contribution is 0.669. The van der Waals surface area contributed by atoms with Gasteiger partial charge in [-0.05, 0) is 81.9 Å². The van der Waals surface area contributed by atoms with Crippen molar-refractivity contribution in [3.8, 4) is 39.1 Å². The number of thiophene rings is 1. The predicted octanol–water partition coefficient (Wildman–Crippen LogP) is 12.9. The minimum atomic E-state index is 0.908. The lowest BCUT2D eigenvalue weighted by Gasteiger charge is -2.10. The van der Waals surface area contributed by atoms with E-state index in [1.54, 1.807) is 0 Å². The number of furan rings is 1. The van der Waals surface area contributed by atoms with Crippen molar-refractivity contribution < 1.29 is 4.42 Å². The molecule has 0 spiro atoms. The molecule has 7 aromatic carbocycles. The van der Waals surface area contributed by atoms with E-state index >= 15 is 0 Å². The molecule has 10 aromatic rings. The van der Waals surface area contributed by atoms with Crippen molar-refractivity contribution in [2.75, 3.05) is 0 Å². The van der Waals surface area contributed by atoms with E-state index in [1.807, 2.05) is 17.4 Å². The minimum absolute atomic E-state index is 0.908. The fourth-order valence-electron chi connectivity index (χ4n) is 7.20. The maximum absolute atomic E-state index is 6.42. The first kappa shape index (κ1) is 26.3. The zero-order valence-electron chi connectivity index (χ0n) is 25.4. The summed E-state index contributed by atoms with van der Waals surface area (Å²) in [6, 6.07) is 58.7. The van der Waals surface area contributed by atoms with E-state index in [2.05, 4.69) is 162 Å². The first-order valence-electron chi connectivity index (χ1n) is 15.9. The van der Waals surface area contributed by atoms with Crippen molar-refractivity contribution in [2.24, 2.45) is 0 Å². The molecule has 0 saturated heterocycles. The molecule has 47 heavy (non-hydrogen) atoms. The molecule has 0 aliphatic rings. The molecule has 0 N–H and O–H groups in total. The fraction of sp³-hybridized carbons (Fsp3) is 0. The van der Waals surface area contributed by atoms with Crippen molar-refractivity contribution in [2.45, 2.75) is 0 Å². The molecule has 0 atom stereocenters. The summed E-state index contributed by atoms with van der Waals surface area (Å²) in [5.74, 6) is 0. The zero-order valence-corrected chi connectivity index (χ0v) is 26.2. The summed E-state index contributed by atoms with van der Waals surface area (Å²) < 4.78 is 11.5. The van der Waals surface area contributed by atoms with Crippen LogP contribution in [0.3, 0.4) is 0 Å². The van der Waals surface area contributed by atoms with Crippen LogP contribution in [0.1, 0.15) is 0 Å². The maximum Gasteiger partial charge on any atom is 0.136 e. The molecule has 0 radical (unpaired) electrons. The Balaban J connectivity index is 1.08. The SMILES string of the molecule is c1ccc(-c2ccc3c(c2)oc2cc(-c4ccc(-c5cccc6sc7c8ccccc8n(-c8ccccc8)c7c56)cc4)ccc23)cc1. The highest BCUT2D eigenvalue weighted by molar-refractivity contribution is 7.26. The number of benzene rings is 7. The van der Waals surface area contributed by atoms with Crippen molar-refractivity contribution in [1.82, 2.24) is 4.57 Å². The van der Waals surface area contributed by atoms with Gasteiger partial charge in [0.15, 0.2) is 0 Å². The number of fused-ring (bicyclic) bond motifs is 8. The van der Waals surface area contributed by atoms with E-state index in [-0.39, 0.29) is 0 Å². The van der Waals surface area contributed by atoms with Crippen LogP contribution in [0.2, 0.25) is 0 Å². The normalized spacial score (nSPS) is 11.8. The molecule has 0 unspecified atom stereocenters. The van der Waals surface area contributed by atoms with Gasteiger partial charge in [0.2, 0.25) is 0 Å². The van der Waals surface area contributed by atoms with Gasteiger partial charge in [-0.3, -0.25) is 0 Å². The molecule has 0 fully saturated rings. The molecule has 0 bridgehead atoms. The Morgan fingerprint density at radius 1 is 0.447 bits per heavy atom. The number of hydrogen-bond donors (Lipinski definition) is 0. The number of para-hydroxylation sites is 2. The molecule has 0 aliphatic heterocycles. The summed E-state index contributed by atoms with van der Waals surface area (Å²) in [4.78, 5) is 0. The van der Waals surface area contributed by atoms with Crippen LogP contribution in [0.15, 0.2) is 168 Å². The largest absolute Gasteiger partial charge is 0.456 e. The third-order valence-corrected chi connectivity index (χ3v) is 10.6. The van der Waals surface area contributed by atoms with Crippen LogP contribution in [0.5, 0.6) is 0 Å². The van der Waals surface area contributed by atoms with Crippen molar-refractivity contribution >= 4 is 64.5 Å². The third kappa shape index (κ3) is 4.10. The summed E-state index contributed by atoms with van der Waals surface area (Å²) in [6.45, 7) is 0. The average Bonchev–Trinajstić information content (AvgIpc) is 3.80. The Hall–Kier alpha value is -5.90. The van der Waals surface area contributed by atoms with E-state index in [0.29, 0.717) is 0 Å². The molecule has 0 saturated carbocycles. The number of rotatable bonds is 4. The predicted molar refractivity (Wildman–Crippen MR) is 200 cm³/mol. The van der Waals surface area contributed by atoms with Gasteiger partial charge in [-0.2, -0.15) is 0 Å². The number of hydrogen-bond acceptors (Lipinski definition) is 2. The molecule has 3 heteroatoms. The zero-order chi connectivity index (χ0) is 30.9. The molecular formula is C44H27NOS. The van der Waals surface area contributed by atoms with Gasteiger partial charge in [0.25, 0.3) is 0 Å². The second-order valence-corrected chi connectivity index (χ2v) is 13.2. The summed E-state index contributed by atoms with van der Waals surface area (Å²) in [6.07, 6.45) is 0. The highest BCUT2D eigenvalue weighted by Crippen LogP contribution is 2.46. The Morgan fingerprint density at radius 2 is 1.04 bits per heavy atom. The van der Waals surface area contributed by atoms with Crippen LogP contribution in [-0.2, 0) is 0 Å². The summed E-state index contributed by atoms with van der Waals surface area (Å²) >= 11 is 1.89. The molecule has 220 valence electrons. The summed E-state index contributed by atoms with van der Waals surface area (Å²) in [7, 11) is 0. The molecule has 3 heterocycles. The Kier molecular flexibility index (Phi) is 5.78. The van der Waals surface area contributed by atoms with Crippen LogP contribution in [0.25, 0.3) is 92.2 Å². The van der Waals surface area contributed by atoms with Crippen LogP contribution in [0, 0.1) is 0 Å². The van der Waals surface area contributed by atoms with Crippen LogP contribution in [-0.4, -0.2) is 4.57 Å². The van der Waals surface area contributed by atoms with E-state index in [9.17, 15) is 0 Å². The van der Waals surface area contributed by atoms with E-state index < -0.39 is 0 Å². The summed E-state index contributed by atoms with van der Waals surface area (Å²) in [5.41, 5.74) is 12.7. The second-order valence-electron chi connectivity index (χ2n) is 12.1. The highest BCUT2D eigenvalue weighted by Gasteiger charge is 2.20. The average molecular weight is 618 g/mol. The monoisotopic (exact) mass is 617 g/mol. The van der Waals surface area contributed by atoms with Gasteiger partial charge in [-0.25, -0.2) is 0 Å². The van der Waals surface area contributed by atoms with Gasteiger partial charge >= 0.3 is 0 Å². The van der Waals surface area contributed by atoms with Crippen LogP contribution >= 0.6 is 11.3 Å². The van der Waals surface area contributed by atoms with Gasteiger partial charge in [0, 0.05) is 31.9 Å². The summed E-state index contributed by atoms with van der Waals surface area (Å²) in [5, 5.41) is 4.89. The van der Waals surface area contributed by atoms with Crippen LogP contribution in [0.4, 0.5) is 0 Å². The van der Waals surface area contributed by atoms with Crippen molar-refractivity contribution in [3.63, 3.8) is 0 Å². The molecule has 3 aromatic heterocycles. The lowest BCUT2D eigenvalue weighted by Crippen LogP contribution is -1.93. The van der Waals surface area contributed by atoms with Gasteiger partial charge in [-0.15, -0.1) is 11.3 Å². The van der Waals surface area contributed by atoms with E-state index in [1.165, 1.54) is 59.1 Å². The first-order chi connectivity index (χ1) is 23.3. The smallest absolute Gasteiger partial charge is 0.136 e. The minimum Gasteiger partial charge on any atom is -0.456 e. The van der Waals surface area contributed by atoms with E-state index in [4.69, 9.17) is 4.42 Å². The topological polar surface area (TPSA) is 18.1 Å². The van der Waals surface area contributed by atoms with Gasteiger partial charge in [0.1, 0.15) is 11.2 Å². The third-order valence-electron chi connectivity index (χ3n) is 9.43. The van der Waals surface area contributed by atoms with Gasteiger partial charge < -0.3 is 8.98 Å². The molecule has 0 amide bonds. The second kappa shape index (κ2) is 10.3. The van der Waals surface area contributed by atoms with Gasteiger partial charge in [0.05, 0.1) is 15.7 Å². The Labute approximate surface area is 275 Å². The molecule has 0 aliphatic carbocycles. The highest BCUT2D eigenvalue weighted by atomic mass is 32.1. The number of nitrogens with zero attached hydrogens (tertiary/aromatic N) is 1. The van der Waals surface area contributed by atoms with Crippen molar-refractivity contribution in [1.29, 1.82) is 0 Å². The van der Waals surface area contributed by atoms with Gasteiger partial charge in [-0.1, -0.05) is 115 Å². The molecule has 2 nitrogen and oxygen atoms in total. The van der Waals surface area contributed by atoms with Crippen molar-refractivity contribution in [3.05, 3.63) is 164 Å². The van der Waals surface area contributed by atoms with Crippen LogP contribution < -0.4 is 0 Å². The first-order valence-corrected chi connectivity index (χ1v) is 16.7. The lowest BCUT2D eigenvalue weighted by atomic mass is 9.97. The number of aromatic nitrogens is 1. The van der Waals surface area contributed by atoms with E-state index in [0.717, 1.165) is 33.1 Å². The standard InChI is InChI=1S/C44H27NOS/c1-3-10-28(11-4-1)31-22-24-35-36-25-23-32(27-40(36)46-39(35)26-31)29-18-20-30(21-19-29)34-15-9-17-41-42(34)43-44(47-41)37-14-7-8-16-38(37)45(43)33-12-5-2-6-13-33/h1-27H. The Bertz CT molecular complexity index is 2770. The quantitative estimate of drug-likeness (QED) is 0.192. The molecular weight excluding hydrogens is 591 g/mol. The Morgan fingerprint density at radius 3 is 1.77 bits per heavy atom.